The lowest BCUT2D eigenvalue weighted by atomic mass is 10.0. The van der Waals surface area contributed by atoms with Crippen molar-refractivity contribution in [3.63, 3.8) is 0 Å². The Balaban J connectivity index is 1.60. The van der Waals surface area contributed by atoms with E-state index in [0.29, 0.717) is 17.0 Å². The number of hydrogen-bond donors (Lipinski definition) is 0. The third-order valence-electron chi connectivity index (χ3n) is 4.95. The quantitative estimate of drug-likeness (QED) is 0.828. The number of ether oxygens (including phenoxy) is 1. The Bertz CT molecular complexity index is 775. The van der Waals surface area contributed by atoms with Crippen molar-refractivity contribution < 1.29 is 9.53 Å². The fourth-order valence-corrected chi connectivity index (χ4v) is 3.55. The van der Waals surface area contributed by atoms with Crippen molar-refractivity contribution in [3.8, 4) is 0 Å². The van der Waals surface area contributed by atoms with E-state index in [4.69, 9.17) is 4.74 Å². The van der Waals surface area contributed by atoms with Gasteiger partial charge in [-0.3, -0.25) is 4.79 Å². The minimum absolute atomic E-state index is 0.113. The molecule has 0 spiro atoms. The molecule has 0 unspecified atom stereocenters. The van der Waals surface area contributed by atoms with E-state index in [1.807, 2.05) is 23.1 Å². The number of fused-ring (bicyclic) bond motifs is 1. The summed E-state index contributed by atoms with van der Waals surface area (Å²) < 4.78 is 5.41. The predicted octanol–water partition coefficient (Wildman–Crippen LogP) is 1.73. The molecule has 0 N–H and O–H groups in total. The molecule has 2 aliphatic rings. The number of amides is 1. The molecule has 1 atom stereocenters. The molecule has 7 nitrogen and oxygen atoms in total. The highest BCUT2D eigenvalue weighted by Crippen LogP contribution is 2.21. The minimum Gasteiger partial charge on any atom is -0.378 e. The summed E-state index contributed by atoms with van der Waals surface area (Å²) in [6.45, 7) is 6.91. The Hall–Kier alpha value is -2.28. The van der Waals surface area contributed by atoms with Crippen LogP contribution in [-0.4, -0.2) is 65.4 Å². The first-order valence-electron chi connectivity index (χ1n) is 8.97. The van der Waals surface area contributed by atoms with Gasteiger partial charge in [0.15, 0.2) is 0 Å². The smallest absolute Gasteiger partial charge is 0.293 e. The van der Waals surface area contributed by atoms with Crippen LogP contribution < -0.4 is 4.90 Å². The summed E-state index contributed by atoms with van der Waals surface area (Å²) in [6, 6.07) is 5.93. The first-order valence-corrected chi connectivity index (χ1v) is 8.97. The highest BCUT2D eigenvalue weighted by molar-refractivity contribution is 5.92. The molecule has 1 aromatic heterocycles. The second-order valence-corrected chi connectivity index (χ2v) is 6.91. The van der Waals surface area contributed by atoms with Crippen LogP contribution in [0, 0.1) is 5.92 Å². The van der Waals surface area contributed by atoms with E-state index in [1.165, 1.54) is 6.42 Å². The Morgan fingerprint density at radius 2 is 2.00 bits per heavy atom. The van der Waals surface area contributed by atoms with Gasteiger partial charge in [0, 0.05) is 31.9 Å². The third-order valence-corrected chi connectivity index (χ3v) is 4.95. The molecule has 25 heavy (non-hydrogen) atoms. The van der Waals surface area contributed by atoms with Crippen LogP contribution >= 0.6 is 0 Å². The molecule has 2 fully saturated rings. The van der Waals surface area contributed by atoms with Gasteiger partial charge in [0.2, 0.25) is 5.82 Å². The number of aromatic nitrogens is 3. The van der Waals surface area contributed by atoms with Gasteiger partial charge in [-0.25, -0.2) is 4.98 Å². The van der Waals surface area contributed by atoms with E-state index >= 15 is 0 Å². The van der Waals surface area contributed by atoms with Gasteiger partial charge >= 0.3 is 0 Å². The number of morpholine rings is 1. The molecule has 132 valence electrons. The molecule has 0 radical (unpaired) electrons. The number of rotatable bonds is 2. The number of piperidine rings is 1. The summed E-state index contributed by atoms with van der Waals surface area (Å²) in [4.78, 5) is 21.3. The first-order chi connectivity index (χ1) is 12.2. The molecule has 2 saturated heterocycles. The zero-order valence-corrected chi connectivity index (χ0v) is 14.5. The van der Waals surface area contributed by atoms with Gasteiger partial charge in [-0.15, -0.1) is 10.2 Å². The molecule has 0 saturated carbocycles. The van der Waals surface area contributed by atoms with Crippen molar-refractivity contribution >= 4 is 22.6 Å². The van der Waals surface area contributed by atoms with E-state index in [2.05, 4.69) is 27.0 Å². The maximum Gasteiger partial charge on any atom is 0.293 e. The Morgan fingerprint density at radius 1 is 1.16 bits per heavy atom. The van der Waals surface area contributed by atoms with E-state index in [-0.39, 0.29) is 11.7 Å². The fraction of sp³-hybridized carbons (Fsp3) is 0.556. The van der Waals surface area contributed by atoms with Crippen molar-refractivity contribution in [1.29, 1.82) is 0 Å². The zero-order valence-electron chi connectivity index (χ0n) is 14.5. The molecular formula is C18H23N5O2. The molecule has 3 heterocycles. The number of nitrogens with zero attached hydrogens (tertiary/aromatic N) is 5. The SMILES string of the molecule is C[C@@H]1CCCN(C(=O)c2nnc3ccc(N4CCOCC4)cc3n2)C1. The normalized spacial score (nSPS) is 21.6. The van der Waals surface area contributed by atoms with Gasteiger partial charge in [-0.1, -0.05) is 6.92 Å². The average Bonchev–Trinajstić information content (AvgIpc) is 2.67. The summed E-state index contributed by atoms with van der Waals surface area (Å²) in [7, 11) is 0. The topological polar surface area (TPSA) is 71.5 Å². The van der Waals surface area contributed by atoms with Gasteiger partial charge in [0.1, 0.15) is 5.52 Å². The number of carbonyl (C=O) groups is 1. The first kappa shape index (κ1) is 16.2. The lowest BCUT2D eigenvalue weighted by Crippen LogP contribution is -2.40. The number of likely N-dealkylation sites (tertiary alicyclic amines) is 1. The maximum atomic E-state index is 12.7. The zero-order chi connectivity index (χ0) is 17.2. The van der Waals surface area contributed by atoms with Gasteiger partial charge in [-0.2, -0.15) is 0 Å². The molecular weight excluding hydrogens is 318 g/mol. The molecule has 1 amide bonds. The van der Waals surface area contributed by atoms with Crippen molar-refractivity contribution in [3.05, 3.63) is 24.0 Å². The van der Waals surface area contributed by atoms with Crippen LogP contribution in [-0.2, 0) is 4.74 Å². The molecule has 2 aromatic rings. The Labute approximate surface area is 147 Å². The lowest BCUT2D eigenvalue weighted by molar-refractivity contribution is 0.0669. The lowest BCUT2D eigenvalue weighted by Gasteiger charge is -2.30. The van der Waals surface area contributed by atoms with Crippen LogP contribution in [0.25, 0.3) is 11.0 Å². The molecule has 1 aromatic carbocycles. The summed E-state index contributed by atoms with van der Waals surface area (Å²) in [5, 5.41) is 8.26. The van der Waals surface area contributed by atoms with E-state index in [9.17, 15) is 4.79 Å². The molecule has 4 rings (SSSR count). The number of carbonyl (C=O) groups excluding carboxylic acids is 1. The number of hydrogen-bond acceptors (Lipinski definition) is 6. The second kappa shape index (κ2) is 6.92. The maximum absolute atomic E-state index is 12.7. The van der Waals surface area contributed by atoms with Crippen LogP contribution in [0.2, 0.25) is 0 Å². The van der Waals surface area contributed by atoms with Crippen molar-refractivity contribution in [2.45, 2.75) is 19.8 Å². The standard InChI is InChI=1S/C18H23N5O2/c1-13-3-2-6-23(12-13)18(24)17-19-16-11-14(4-5-15(16)20-21-17)22-7-9-25-10-8-22/h4-5,11,13H,2-3,6-10,12H2,1H3/t13-/m1/s1. The Kier molecular flexibility index (Phi) is 4.48. The van der Waals surface area contributed by atoms with Crippen LogP contribution in [0.1, 0.15) is 30.4 Å². The van der Waals surface area contributed by atoms with Crippen LogP contribution in [0.3, 0.4) is 0 Å². The van der Waals surface area contributed by atoms with Crippen LogP contribution in [0.4, 0.5) is 5.69 Å². The molecule has 0 bridgehead atoms. The van der Waals surface area contributed by atoms with Crippen molar-refractivity contribution in [1.82, 2.24) is 20.1 Å². The number of anilines is 1. The van der Waals surface area contributed by atoms with Gasteiger partial charge in [0.25, 0.3) is 5.91 Å². The van der Waals surface area contributed by atoms with E-state index in [1.54, 1.807) is 0 Å². The molecule has 7 heteroatoms. The largest absolute Gasteiger partial charge is 0.378 e. The summed E-state index contributed by atoms with van der Waals surface area (Å²) in [6.07, 6.45) is 2.21. The monoisotopic (exact) mass is 341 g/mol. The highest BCUT2D eigenvalue weighted by atomic mass is 16.5. The Morgan fingerprint density at radius 3 is 2.80 bits per heavy atom. The van der Waals surface area contributed by atoms with Gasteiger partial charge in [0.05, 0.1) is 18.7 Å². The van der Waals surface area contributed by atoms with Crippen molar-refractivity contribution in [2.24, 2.45) is 5.92 Å². The van der Waals surface area contributed by atoms with Crippen LogP contribution in [0.5, 0.6) is 0 Å². The highest BCUT2D eigenvalue weighted by Gasteiger charge is 2.24. The van der Waals surface area contributed by atoms with E-state index < -0.39 is 0 Å². The average molecular weight is 341 g/mol. The van der Waals surface area contributed by atoms with Crippen LogP contribution in [0.15, 0.2) is 18.2 Å². The minimum atomic E-state index is -0.113. The summed E-state index contributed by atoms with van der Waals surface area (Å²) in [5.74, 6) is 0.609. The molecule has 0 aliphatic carbocycles. The predicted molar refractivity (Wildman–Crippen MR) is 94.7 cm³/mol. The number of benzene rings is 1. The van der Waals surface area contributed by atoms with Crippen molar-refractivity contribution in [2.75, 3.05) is 44.3 Å². The van der Waals surface area contributed by atoms with Gasteiger partial charge in [-0.05, 0) is 37.0 Å². The van der Waals surface area contributed by atoms with E-state index in [0.717, 1.165) is 51.5 Å². The van der Waals surface area contributed by atoms with Gasteiger partial charge < -0.3 is 14.5 Å². The molecule has 2 aliphatic heterocycles. The second-order valence-electron chi connectivity index (χ2n) is 6.91. The fourth-order valence-electron chi connectivity index (χ4n) is 3.55. The summed E-state index contributed by atoms with van der Waals surface area (Å²) in [5.41, 5.74) is 2.51. The third kappa shape index (κ3) is 3.42. The summed E-state index contributed by atoms with van der Waals surface area (Å²) >= 11 is 0.